The number of benzene rings is 5. The minimum atomic E-state index is -3.69. The lowest BCUT2D eigenvalue weighted by Crippen LogP contribution is -2.38. The van der Waals surface area contributed by atoms with Crippen LogP contribution < -0.4 is 44.4 Å². The van der Waals surface area contributed by atoms with Crippen LogP contribution in [0.25, 0.3) is 0 Å². The van der Waals surface area contributed by atoms with Gasteiger partial charge in [-0.05, 0) is 105 Å². The number of imide groups is 3. The summed E-state index contributed by atoms with van der Waals surface area (Å²) in [6.45, 7) is 5.05. The molecule has 3 aromatic heterocycles. The lowest BCUT2D eigenvalue weighted by molar-refractivity contribution is -0.121. The van der Waals surface area contributed by atoms with Crippen molar-refractivity contribution in [2.75, 3.05) is 113 Å². The van der Waals surface area contributed by atoms with Crippen LogP contribution >= 0.6 is 0 Å². The van der Waals surface area contributed by atoms with E-state index in [9.17, 15) is 68.4 Å². The van der Waals surface area contributed by atoms with E-state index >= 15 is 0 Å². The largest absolute Gasteiger partial charge is 0.491 e. The van der Waals surface area contributed by atoms with Gasteiger partial charge in [0.05, 0.1) is 157 Å². The van der Waals surface area contributed by atoms with E-state index in [1.807, 2.05) is 60.7 Å². The zero-order chi connectivity index (χ0) is 82.1. The lowest BCUT2D eigenvalue weighted by Gasteiger charge is -2.26. The van der Waals surface area contributed by atoms with Gasteiger partial charge in [0.25, 0.3) is 53.1 Å². The highest BCUT2D eigenvalue weighted by atomic mass is 32.2. The van der Waals surface area contributed by atoms with Crippen molar-refractivity contribution in [3.05, 3.63) is 213 Å². The number of aliphatic hydroxyl groups excluding tert-OH is 1. The number of aliphatic hydroxyl groups is 1. The van der Waals surface area contributed by atoms with Crippen molar-refractivity contribution in [1.29, 1.82) is 0 Å². The molecule has 0 bridgehead atoms. The molecule has 0 saturated heterocycles. The number of rotatable bonds is 33. The molecule has 11 rings (SSSR count). The third-order valence-electron chi connectivity index (χ3n) is 16.9. The molecule has 0 saturated carbocycles. The predicted molar refractivity (Wildman–Crippen MR) is 409 cm³/mol. The van der Waals surface area contributed by atoms with E-state index in [1.165, 1.54) is 112 Å². The van der Waals surface area contributed by atoms with Gasteiger partial charge in [-0.3, -0.25) is 57.9 Å². The van der Waals surface area contributed by atoms with Gasteiger partial charge in [-0.25, -0.2) is 40.2 Å². The summed E-state index contributed by atoms with van der Waals surface area (Å²) in [5, 5.41) is 16.7. The molecule has 1 unspecified atom stereocenters. The third-order valence-corrected chi connectivity index (χ3v) is 19.6. The summed E-state index contributed by atoms with van der Waals surface area (Å²) in [4.78, 5) is 133. The van der Waals surface area contributed by atoms with Crippen LogP contribution in [0.5, 0.6) is 34.9 Å². The van der Waals surface area contributed by atoms with E-state index < -0.39 is 125 Å². The Bertz CT molecular complexity index is 5060. The number of hydrogen-bond acceptors (Lipinski definition) is 27. The van der Waals surface area contributed by atoms with Crippen LogP contribution in [0.1, 0.15) is 129 Å². The molecule has 5 aromatic carbocycles. The number of ether oxygens (including phenoxy) is 8. The second-order valence-electron chi connectivity index (χ2n) is 25.2. The Labute approximate surface area is 650 Å². The van der Waals surface area contributed by atoms with E-state index in [0.29, 0.717) is 17.2 Å². The molecule has 0 radical (unpaired) electrons. The van der Waals surface area contributed by atoms with E-state index in [2.05, 4.69) is 30.9 Å². The van der Waals surface area contributed by atoms with Crippen LogP contribution in [0.3, 0.4) is 0 Å². The lowest BCUT2D eigenvalue weighted by atomic mass is 10.1. The number of aromatic nitrogens is 3. The maximum Gasteiger partial charge on any atom is 0.264 e. The summed E-state index contributed by atoms with van der Waals surface area (Å²) in [5.41, 5.74) is 2.29. The van der Waals surface area contributed by atoms with Crippen molar-refractivity contribution < 1.29 is 111 Å². The summed E-state index contributed by atoms with van der Waals surface area (Å²) in [6.07, 6.45) is 3.00. The number of nitrogens with one attached hydrogen (secondary N) is 3. The molecule has 3 aliphatic rings. The fourth-order valence-electron chi connectivity index (χ4n) is 12.1. The first-order valence-corrected chi connectivity index (χ1v) is 40.9. The smallest absolute Gasteiger partial charge is 0.264 e. The van der Waals surface area contributed by atoms with Gasteiger partial charge in [-0.2, -0.15) is 0 Å². The Morgan fingerprint density at radius 3 is 0.929 bits per heavy atom. The second kappa shape index (κ2) is 37.8. The van der Waals surface area contributed by atoms with Crippen LogP contribution in [0.15, 0.2) is 152 Å². The highest BCUT2D eigenvalue weighted by Crippen LogP contribution is 2.41. The Kier molecular flexibility index (Phi) is 28.4. The Hall–Kier alpha value is -12.1. The minimum absolute atomic E-state index is 0.00668. The average Bonchev–Trinajstić information content (AvgIpc) is 1.61. The molecule has 0 fully saturated rings. The van der Waals surface area contributed by atoms with Crippen LogP contribution in [0, 0.1) is 0 Å². The quantitative estimate of drug-likeness (QED) is 0.0305. The van der Waals surface area contributed by atoms with E-state index in [0.717, 1.165) is 44.6 Å². The van der Waals surface area contributed by atoms with Gasteiger partial charge in [0, 0.05) is 18.8 Å². The summed E-state index contributed by atoms with van der Waals surface area (Å²) in [7, 11) is -6.78. The van der Waals surface area contributed by atoms with E-state index in [-0.39, 0.29) is 131 Å². The molecule has 4 N–H and O–H groups in total. The molecule has 0 spiro atoms. The van der Waals surface area contributed by atoms with Crippen molar-refractivity contribution in [2.24, 2.45) is 0 Å². The molecule has 3 atom stereocenters. The van der Waals surface area contributed by atoms with Gasteiger partial charge >= 0.3 is 0 Å². The Morgan fingerprint density at radius 2 is 0.673 bits per heavy atom. The van der Waals surface area contributed by atoms with Gasteiger partial charge in [0.15, 0.2) is 17.2 Å². The fourth-order valence-corrected chi connectivity index (χ4v) is 14.8. The molecular weight excluding hydrogens is 1530 g/mol. The number of nitrogens with zero attached hydrogens (tertiary/aromatic N) is 6. The molecule has 6 heterocycles. The molecular formula is C77H81N9O24S3. The van der Waals surface area contributed by atoms with Crippen molar-refractivity contribution in [1.82, 2.24) is 29.7 Å². The Morgan fingerprint density at radius 1 is 0.389 bits per heavy atom. The summed E-state index contributed by atoms with van der Waals surface area (Å²) >= 11 is 0. The number of amides is 9. The van der Waals surface area contributed by atoms with Crippen LogP contribution in [0.2, 0.25) is 0 Å². The number of methoxy groups -OCH3 is 3. The molecule has 596 valence electrons. The molecule has 0 aliphatic carbocycles. The topological polar surface area (TPSA) is 435 Å². The molecule has 33 nitrogen and oxygen atoms in total. The number of carbonyl (C=O) groups is 9. The fraction of sp³-hybridized carbons (Fsp3) is 0.299. The van der Waals surface area contributed by atoms with Gasteiger partial charge in [-0.1, -0.05) is 78.9 Å². The number of carbonyl (C=O) groups excluding carboxylic acids is 9. The van der Waals surface area contributed by atoms with Crippen molar-refractivity contribution in [3.8, 4) is 34.9 Å². The van der Waals surface area contributed by atoms with Crippen molar-refractivity contribution >= 4 is 99.7 Å². The van der Waals surface area contributed by atoms with Gasteiger partial charge < -0.3 is 59.0 Å². The van der Waals surface area contributed by atoms with E-state index in [4.69, 9.17) is 43.0 Å². The monoisotopic (exact) mass is 1610 g/mol. The molecule has 36 heteroatoms. The molecule has 113 heavy (non-hydrogen) atoms. The van der Waals surface area contributed by atoms with Crippen molar-refractivity contribution in [2.45, 2.75) is 52.1 Å². The molecule has 8 aromatic rings. The summed E-state index contributed by atoms with van der Waals surface area (Å²) in [5.74, 6) is -6.80. The average molecular weight is 1610 g/mol. The zero-order valence-corrected chi connectivity index (χ0v) is 65.1. The van der Waals surface area contributed by atoms with Crippen LogP contribution in [0.4, 0.5) is 17.1 Å². The standard InChI is InChI=1S/2C28H29N3O8S.C21H23N3O8S/c2*1-4-39-26-23(37-2)14-13-20(30-26)22(17-40(3,35)36)31-27(33)19-11-8-12-21(25(19)28(31)34)29-24(32)16-38-15-18-9-6-5-7-10-18;1-4-32-19-16(31-2)9-8-13(23-19)15(11-33(3,29)30)24-20(27)12-6-5-7-14(18(12)21(24)28)22-17(26)10-25/h2*5-14,22H,4,15-17H2,1-3H3,(H,29,32);5-9,15,25H,4,10-11H2,1-3H3,(H,22,26)/t22-;;15-/m1.0/s1. The van der Waals surface area contributed by atoms with Gasteiger partial charge in [-0.15, -0.1) is 0 Å². The van der Waals surface area contributed by atoms with E-state index in [1.54, 1.807) is 20.8 Å². The van der Waals surface area contributed by atoms with Crippen LogP contribution in [-0.2, 0) is 66.6 Å². The highest BCUT2D eigenvalue weighted by Gasteiger charge is 2.47. The summed E-state index contributed by atoms with van der Waals surface area (Å²) < 4.78 is 117. The predicted octanol–water partition coefficient (Wildman–Crippen LogP) is 6.85. The van der Waals surface area contributed by atoms with Gasteiger partial charge in [0.1, 0.15) is 49.3 Å². The Balaban J connectivity index is 0.000000195. The third kappa shape index (κ3) is 21.1. The number of sulfone groups is 3. The normalized spacial score (nSPS) is 13.8. The number of fused-ring (bicyclic) bond motifs is 3. The maximum atomic E-state index is 13.7. The van der Waals surface area contributed by atoms with Gasteiger partial charge in [0.2, 0.25) is 17.7 Å². The maximum absolute atomic E-state index is 13.7. The first-order valence-electron chi connectivity index (χ1n) is 34.7. The minimum Gasteiger partial charge on any atom is -0.491 e. The first kappa shape index (κ1) is 84.9. The number of hydrogen-bond donors (Lipinski definition) is 4. The summed E-state index contributed by atoms with van der Waals surface area (Å²) in [6, 6.07) is 37.0. The number of pyridine rings is 3. The number of anilines is 3. The SMILES string of the molecule is CCOc1nc(C(CS(C)(=O)=O)N2C(=O)c3cccc(NC(=O)COCc4ccccc4)c3C2=O)ccc1OC.CCOc1nc([C@@H](CS(C)(=O)=O)N2C(=O)c3cccc(NC(=O)COCc4ccccc4)c3C2=O)ccc1OC.CCOc1nc([C@H](CS(C)(=O)=O)N2C(=O)c3cccc(NC(=O)CO)c3C2=O)ccc1OC. The van der Waals surface area contributed by atoms with Crippen molar-refractivity contribution in [3.63, 3.8) is 0 Å². The highest BCUT2D eigenvalue weighted by molar-refractivity contribution is 7.91. The molecule has 9 amide bonds. The van der Waals surface area contributed by atoms with Crippen LogP contribution in [-0.4, -0.2) is 210 Å². The first-order chi connectivity index (χ1) is 53.9. The molecule has 3 aliphatic heterocycles. The second-order valence-corrected chi connectivity index (χ2v) is 31.8. The zero-order valence-electron chi connectivity index (χ0n) is 62.7.